The van der Waals surface area contributed by atoms with E-state index in [1.54, 1.807) is 51.9 Å². The van der Waals surface area contributed by atoms with Crippen molar-refractivity contribution in [3.63, 3.8) is 0 Å². The molecule has 13 heteroatoms. The summed E-state index contributed by atoms with van der Waals surface area (Å²) >= 11 is 8.36. The van der Waals surface area contributed by atoms with Crippen molar-refractivity contribution in [1.82, 2.24) is 14.1 Å². The van der Waals surface area contributed by atoms with Gasteiger partial charge in [0.15, 0.2) is 5.69 Å². The predicted octanol–water partition coefficient (Wildman–Crippen LogP) is 6.00. The van der Waals surface area contributed by atoms with Crippen LogP contribution in [0.2, 0.25) is 5.02 Å². The van der Waals surface area contributed by atoms with Gasteiger partial charge in [-0.1, -0.05) is 41.9 Å². The minimum absolute atomic E-state index is 0.140. The van der Waals surface area contributed by atoms with Crippen LogP contribution in [0.1, 0.15) is 46.6 Å². The van der Waals surface area contributed by atoms with E-state index in [9.17, 15) is 27.6 Å². The molecule has 8 nitrogen and oxygen atoms in total. The molecule has 2 atom stereocenters. The molecule has 0 radical (unpaired) electrons. The Morgan fingerprint density at radius 3 is 2.55 bits per heavy atom. The van der Waals surface area contributed by atoms with E-state index in [1.165, 1.54) is 10.9 Å². The molecule has 44 heavy (non-hydrogen) atoms. The number of benzene rings is 2. The highest BCUT2D eigenvalue weighted by atomic mass is 35.5. The zero-order valence-electron chi connectivity index (χ0n) is 23.3. The number of esters is 1. The van der Waals surface area contributed by atoms with Gasteiger partial charge in [-0.15, -0.1) is 11.8 Å². The molecule has 0 aliphatic carbocycles. The van der Waals surface area contributed by atoms with E-state index >= 15 is 0 Å². The van der Waals surface area contributed by atoms with E-state index in [-0.39, 0.29) is 13.0 Å². The number of carbonyl (C=O) groups is 2. The first-order valence-electron chi connectivity index (χ1n) is 13.8. The number of alkyl halides is 3. The molecule has 0 saturated heterocycles. The second kappa shape index (κ2) is 11.7. The molecule has 1 amide bonds. The van der Waals surface area contributed by atoms with Gasteiger partial charge in [0.1, 0.15) is 18.8 Å². The van der Waals surface area contributed by atoms with Gasteiger partial charge < -0.3 is 14.2 Å². The minimum atomic E-state index is -4.78. The maximum absolute atomic E-state index is 14.2. The van der Waals surface area contributed by atoms with Crippen molar-refractivity contribution < 1.29 is 27.5 Å². The minimum Gasteiger partial charge on any atom is -0.420 e. The maximum Gasteiger partial charge on any atom is 0.408 e. The molecule has 6 rings (SSSR count). The number of carbonyl (C=O) groups excluding carboxylic acids is 2. The number of fused-ring (bicyclic) bond motifs is 3. The van der Waals surface area contributed by atoms with Gasteiger partial charge in [-0.25, -0.2) is 0 Å². The molecule has 0 fully saturated rings. The van der Waals surface area contributed by atoms with Crippen LogP contribution in [0.15, 0.2) is 88.9 Å². The molecule has 4 heterocycles. The third-order valence-electron chi connectivity index (χ3n) is 7.78. The number of aromatic nitrogens is 2. The lowest BCUT2D eigenvalue weighted by Gasteiger charge is -2.46. The third kappa shape index (κ3) is 5.48. The second-order valence-electron chi connectivity index (χ2n) is 10.5. The zero-order valence-corrected chi connectivity index (χ0v) is 24.9. The lowest BCUT2D eigenvalue weighted by atomic mass is 9.94. The smallest absolute Gasteiger partial charge is 0.408 e. The van der Waals surface area contributed by atoms with Gasteiger partial charge >= 0.3 is 12.1 Å². The Hall–Kier alpha value is -4.16. The molecule has 0 spiro atoms. The molecule has 0 bridgehead atoms. The number of rotatable bonds is 6. The molecule has 2 aliphatic heterocycles. The Balaban J connectivity index is 1.52. The molecule has 0 N–H and O–H groups in total. The summed E-state index contributed by atoms with van der Waals surface area (Å²) in [7, 11) is 0. The summed E-state index contributed by atoms with van der Waals surface area (Å²) in [5.41, 5.74) is 1.01. The second-order valence-corrected chi connectivity index (χ2v) is 11.9. The van der Waals surface area contributed by atoms with Gasteiger partial charge in [0.25, 0.3) is 5.91 Å². The molecule has 4 aromatic rings. The highest BCUT2D eigenvalue weighted by Gasteiger charge is 2.48. The van der Waals surface area contributed by atoms with Gasteiger partial charge in [-0.05, 0) is 42.3 Å². The van der Waals surface area contributed by atoms with Crippen molar-refractivity contribution in [2.45, 2.75) is 48.8 Å². The molecule has 228 valence electrons. The number of aryl methyl sites for hydroxylation is 1. The van der Waals surface area contributed by atoms with Crippen molar-refractivity contribution >= 4 is 35.2 Å². The number of ether oxygens (including phenoxy) is 1. The van der Waals surface area contributed by atoms with Crippen molar-refractivity contribution in [3.8, 4) is 5.75 Å². The van der Waals surface area contributed by atoms with Crippen LogP contribution in [0.3, 0.4) is 0 Å². The van der Waals surface area contributed by atoms with Crippen LogP contribution in [-0.4, -0.2) is 44.9 Å². The number of nitrogens with zero attached hydrogens (tertiary/aromatic N) is 4. The first-order valence-corrected chi connectivity index (χ1v) is 15.1. The van der Waals surface area contributed by atoms with Gasteiger partial charge in [0.05, 0.1) is 6.42 Å². The van der Waals surface area contributed by atoms with Crippen molar-refractivity contribution in [1.29, 1.82) is 0 Å². The summed E-state index contributed by atoms with van der Waals surface area (Å²) in [5, 5.41) is 1.96. The maximum atomic E-state index is 14.2. The van der Waals surface area contributed by atoms with E-state index < -0.39 is 53.7 Å². The number of hydrogen-bond donors (Lipinski definition) is 0. The average Bonchev–Trinajstić information content (AvgIpc) is 3.46. The van der Waals surface area contributed by atoms with Crippen LogP contribution in [0.25, 0.3) is 0 Å². The molecule has 0 saturated carbocycles. The molecular weight excluding hydrogens is 617 g/mol. The number of hydrogen-bond acceptors (Lipinski definition) is 6. The summed E-state index contributed by atoms with van der Waals surface area (Å²) < 4.78 is 51.1. The van der Waals surface area contributed by atoms with Gasteiger partial charge in [0.2, 0.25) is 11.2 Å². The van der Waals surface area contributed by atoms with Crippen LogP contribution in [0, 0.1) is 0 Å². The summed E-state index contributed by atoms with van der Waals surface area (Å²) in [6.45, 7) is 0.628. The first-order chi connectivity index (χ1) is 21.0. The highest BCUT2D eigenvalue weighted by molar-refractivity contribution is 7.98. The average molecular weight is 643 g/mol. The zero-order chi connectivity index (χ0) is 31.2. The van der Waals surface area contributed by atoms with Gasteiger partial charge in [-0.2, -0.15) is 13.2 Å². The Morgan fingerprint density at radius 1 is 1.05 bits per heavy atom. The van der Waals surface area contributed by atoms with Crippen LogP contribution in [-0.2, 0) is 17.1 Å². The Morgan fingerprint density at radius 2 is 1.80 bits per heavy atom. The van der Waals surface area contributed by atoms with Crippen LogP contribution in [0.4, 0.5) is 13.2 Å². The molecule has 0 unspecified atom stereocenters. The fraction of sp³-hybridized carbons (Fsp3) is 0.258. The van der Waals surface area contributed by atoms with Gasteiger partial charge in [0, 0.05) is 52.4 Å². The monoisotopic (exact) mass is 642 g/mol. The summed E-state index contributed by atoms with van der Waals surface area (Å²) in [4.78, 5) is 41.4. The lowest BCUT2D eigenvalue weighted by Crippen LogP contribution is -2.60. The molecular formula is C31H26ClF3N4O4S. The Kier molecular flexibility index (Phi) is 7.97. The van der Waals surface area contributed by atoms with E-state index in [0.29, 0.717) is 21.2 Å². The van der Waals surface area contributed by atoms with Crippen LogP contribution in [0.5, 0.6) is 5.75 Å². The first kappa shape index (κ1) is 29.9. The highest BCUT2D eigenvalue weighted by Crippen LogP contribution is 2.45. The summed E-state index contributed by atoms with van der Waals surface area (Å²) in [5.74, 6) is -1.97. The van der Waals surface area contributed by atoms with Crippen molar-refractivity contribution in [2.75, 3.05) is 11.7 Å². The van der Waals surface area contributed by atoms with Crippen molar-refractivity contribution in [2.24, 2.45) is 0 Å². The third-order valence-corrected chi connectivity index (χ3v) is 9.25. The van der Waals surface area contributed by atoms with Crippen molar-refractivity contribution in [3.05, 3.63) is 117 Å². The molecule has 2 aliphatic rings. The Labute approximate surface area is 259 Å². The number of pyridine rings is 1. The quantitative estimate of drug-likeness (QED) is 0.240. The standard InChI is InChI=1S/C31H26ClF3N4O4S/c1-19(31(33,34)35)37-18-39(27-21-8-2-3-10-24(21)44-17-20-7-6-9-22(32)26(20)27)38-16-11-23(40)29(28(38)30(37)42)43-25(41)12-15-36-13-4-5-14-36/h2-11,13-14,16,19,27H,12,15,17-18H2,1H3/t19-,27-/m1/s1. The fourth-order valence-electron chi connectivity index (χ4n) is 5.50. The topological polar surface area (TPSA) is 76.8 Å². The predicted molar refractivity (Wildman–Crippen MR) is 159 cm³/mol. The van der Waals surface area contributed by atoms with Crippen LogP contribution >= 0.6 is 23.4 Å². The van der Waals surface area contributed by atoms with E-state index in [1.807, 2.05) is 36.4 Å². The number of halogens is 4. The summed E-state index contributed by atoms with van der Waals surface area (Å²) in [6.07, 6.45) is -0.107. The normalized spacial score (nSPS) is 16.9. The SMILES string of the molecule is C[C@@H](N1CN([C@@H]2c3ccccc3SCc3cccc(Cl)c32)n2ccc(=O)c(OC(=O)CCn3cccc3)c2C1=O)C(F)(F)F. The largest absolute Gasteiger partial charge is 0.420 e. The van der Waals surface area contributed by atoms with Crippen LogP contribution < -0.4 is 15.2 Å². The van der Waals surface area contributed by atoms with E-state index in [2.05, 4.69) is 0 Å². The fourth-order valence-corrected chi connectivity index (χ4v) is 6.88. The number of amides is 1. The summed E-state index contributed by atoms with van der Waals surface area (Å²) in [6, 6.07) is 14.6. The number of thioether (sulfide) groups is 1. The van der Waals surface area contributed by atoms with E-state index in [4.69, 9.17) is 16.3 Å². The van der Waals surface area contributed by atoms with E-state index in [0.717, 1.165) is 29.0 Å². The lowest BCUT2D eigenvalue weighted by molar-refractivity contribution is -0.173. The molecule has 2 aromatic heterocycles. The Bertz CT molecular complexity index is 1790. The molecule has 2 aromatic carbocycles. The van der Waals surface area contributed by atoms with Gasteiger partial charge in [-0.3, -0.25) is 24.1 Å².